The summed E-state index contributed by atoms with van der Waals surface area (Å²) in [4.78, 5) is 30.9. The highest BCUT2D eigenvalue weighted by molar-refractivity contribution is 5.89. The summed E-state index contributed by atoms with van der Waals surface area (Å²) < 4.78 is 5.45. The van der Waals surface area contributed by atoms with Gasteiger partial charge in [-0.1, -0.05) is 18.2 Å². The van der Waals surface area contributed by atoms with E-state index in [1.807, 2.05) is 38.2 Å². The van der Waals surface area contributed by atoms with E-state index in [0.717, 1.165) is 18.4 Å². The molecule has 0 unspecified atom stereocenters. The first-order chi connectivity index (χ1) is 11.3. The molecular formula is C17H21NO6. The Balaban J connectivity index is 0.000000307. The fraction of sp³-hybridized carbons (Fsp3) is 0.353. The highest BCUT2D eigenvalue weighted by Crippen LogP contribution is 2.46. The molecule has 2 rings (SSSR count). The molecule has 0 amide bonds. The number of aliphatic carboxylic acids is 2. The van der Waals surface area contributed by atoms with Crippen LogP contribution in [0.2, 0.25) is 0 Å². The van der Waals surface area contributed by atoms with Crippen molar-refractivity contribution in [3.05, 3.63) is 42.0 Å². The number of hydrogen-bond acceptors (Lipinski definition) is 5. The number of para-hydroxylation sites is 1. The van der Waals surface area contributed by atoms with Crippen LogP contribution >= 0.6 is 0 Å². The standard InChI is InChI=1S/C13H17NO2.C4H4O4/c1-13(7-8-13)12(15)16-11-6-4-3-5-10(11)9-14-2;5-3(6)1-2-4(7)8/h3-6,14H,7-9H2,1-2H3;1-2H,(H,5,6)(H,7,8)/b;2-1+. The highest BCUT2D eigenvalue weighted by Gasteiger charge is 2.46. The van der Waals surface area contributed by atoms with Gasteiger partial charge in [-0.2, -0.15) is 0 Å². The predicted octanol–water partition coefficient (Wildman–Crippen LogP) is 1.82. The molecule has 0 spiro atoms. The van der Waals surface area contributed by atoms with Crippen LogP contribution in [0, 0.1) is 5.41 Å². The van der Waals surface area contributed by atoms with E-state index in [1.54, 1.807) is 0 Å². The van der Waals surface area contributed by atoms with Crippen LogP contribution in [-0.2, 0) is 20.9 Å². The van der Waals surface area contributed by atoms with Crippen LogP contribution in [0.4, 0.5) is 0 Å². The van der Waals surface area contributed by atoms with Crippen LogP contribution in [-0.4, -0.2) is 35.2 Å². The minimum atomic E-state index is -1.26. The van der Waals surface area contributed by atoms with Gasteiger partial charge in [-0.05, 0) is 32.9 Å². The number of esters is 1. The minimum absolute atomic E-state index is 0.101. The Bertz CT molecular complexity index is 618. The van der Waals surface area contributed by atoms with E-state index in [1.165, 1.54) is 0 Å². The molecule has 7 nitrogen and oxygen atoms in total. The summed E-state index contributed by atoms with van der Waals surface area (Å²) in [5.41, 5.74) is 0.787. The average molecular weight is 335 g/mol. The second-order valence-electron chi connectivity index (χ2n) is 5.60. The van der Waals surface area contributed by atoms with E-state index >= 15 is 0 Å². The van der Waals surface area contributed by atoms with Gasteiger partial charge < -0.3 is 20.3 Å². The van der Waals surface area contributed by atoms with E-state index in [2.05, 4.69) is 5.32 Å². The van der Waals surface area contributed by atoms with Crippen molar-refractivity contribution in [2.75, 3.05) is 7.05 Å². The largest absolute Gasteiger partial charge is 0.478 e. The molecule has 1 aliphatic carbocycles. The first kappa shape index (κ1) is 19.4. The molecule has 7 heteroatoms. The topological polar surface area (TPSA) is 113 Å². The van der Waals surface area contributed by atoms with Crippen molar-refractivity contribution in [3.8, 4) is 5.75 Å². The van der Waals surface area contributed by atoms with Crippen LogP contribution in [0.5, 0.6) is 5.75 Å². The Morgan fingerprint density at radius 3 is 2.17 bits per heavy atom. The van der Waals surface area contributed by atoms with E-state index < -0.39 is 11.9 Å². The maximum Gasteiger partial charge on any atom is 0.328 e. The molecule has 1 aromatic rings. The normalized spacial score (nSPS) is 14.4. The fourth-order valence-electron chi connectivity index (χ4n) is 1.70. The lowest BCUT2D eigenvalue weighted by Crippen LogP contribution is -2.20. The number of nitrogens with one attached hydrogen (secondary N) is 1. The van der Waals surface area contributed by atoms with Gasteiger partial charge in [0.25, 0.3) is 0 Å². The third-order valence-corrected chi connectivity index (χ3v) is 3.40. The Labute approximate surface area is 139 Å². The van der Waals surface area contributed by atoms with Crippen molar-refractivity contribution in [1.82, 2.24) is 5.32 Å². The number of ether oxygens (including phenoxy) is 1. The third-order valence-electron chi connectivity index (χ3n) is 3.40. The molecule has 1 fully saturated rings. The number of carboxylic acids is 2. The zero-order valence-electron chi connectivity index (χ0n) is 13.6. The predicted molar refractivity (Wildman–Crippen MR) is 86.6 cm³/mol. The van der Waals surface area contributed by atoms with Gasteiger partial charge >= 0.3 is 17.9 Å². The Hall–Kier alpha value is -2.67. The number of hydrogen-bond donors (Lipinski definition) is 3. The van der Waals surface area contributed by atoms with Crippen molar-refractivity contribution in [2.45, 2.75) is 26.3 Å². The molecule has 24 heavy (non-hydrogen) atoms. The van der Waals surface area contributed by atoms with Gasteiger partial charge in [-0.3, -0.25) is 4.79 Å². The summed E-state index contributed by atoms with van der Waals surface area (Å²) >= 11 is 0. The van der Waals surface area contributed by atoms with Crippen LogP contribution in [0.3, 0.4) is 0 Å². The second-order valence-corrected chi connectivity index (χ2v) is 5.60. The van der Waals surface area contributed by atoms with Crippen molar-refractivity contribution in [2.24, 2.45) is 5.41 Å². The van der Waals surface area contributed by atoms with Gasteiger partial charge in [-0.15, -0.1) is 0 Å². The molecule has 0 aliphatic heterocycles. The van der Waals surface area contributed by atoms with E-state index in [4.69, 9.17) is 14.9 Å². The number of carbonyl (C=O) groups is 3. The summed E-state index contributed by atoms with van der Waals surface area (Å²) in [7, 11) is 1.88. The molecule has 0 saturated heterocycles. The molecule has 0 atom stereocenters. The third kappa shape index (κ3) is 6.62. The zero-order chi connectivity index (χ0) is 18.2. The molecule has 1 aromatic carbocycles. The second kappa shape index (κ2) is 8.83. The summed E-state index contributed by atoms with van der Waals surface area (Å²) in [5.74, 6) is -1.94. The van der Waals surface area contributed by atoms with Crippen molar-refractivity contribution in [3.63, 3.8) is 0 Å². The fourth-order valence-corrected chi connectivity index (χ4v) is 1.70. The number of carboxylic acid groups (broad SMARTS) is 2. The van der Waals surface area contributed by atoms with Crippen LogP contribution in [0.15, 0.2) is 36.4 Å². The zero-order valence-corrected chi connectivity index (χ0v) is 13.6. The summed E-state index contributed by atoms with van der Waals surface area (Å²) in [6.45, 7) is 2.66. The quantitative estimate of drug-likeness (QED) is 0.413. The SMILES string of the molecule is CNCc1ccccc1OC(=O)C1(C)CC1.O=C(O)/C=C/C(=O)O. The maximum atomic E-state index is 11.8. The molecule has 3 N–H and O–H groups in total. The van der Waals surface area contributed by atoms with E-state index in [0.29, 0.717) is 24.4 Å². The van der Waals surface area contributed by atoms with Gasteiger partial charge in [0.2, 0.25) is 0 Å². The highest BCUT2D eigenvalue weighted by atomic mass is 16.5. The molecule has 1 aliphatic rings. The van der Waals surface area contributed by atoms with E-state index in [-0.39, 0.29) is 11.4 Å². The molecule has 0 aromatic heterocycles. The van der Waals surface area contributed by atoms with Crippen molar-refractivity contribution >= 4 is 17.9 Å². The molecular weight excluding hydrogens is 314 g/mol. The van der Waals surface area contributed by atoms with Crippen LogP contribution in [0.1, 0.15) is 25.3 Å². The molecule has 0 bridgehead atoms. The van der Waals surface area contributed by atoms with Gasteiger partial charge in [0.15, 0.2) is 0 Å². The maximum absolute atomic E-state index is 11.8. The monoisotopic (exact) mass is 335 g/mol. The van der Waals surface area contributed by atoms with Gasteiger partial charge in [0.1, 0.15) is 5.75 Å². The summed E-state index contributed by atoms with van der Waals surface area (Å²) in [6, 6.07) is 7.64. The minimum Gasteiger partial charge on any atom is -0.478 e. The Kier molecular flexibility index (Phi) is 7.13. The lowest BCUT2D eigenvalue weighted by atomic mass is 10.1. The van der Waals surface area contributed by atoms with Gasteiger partial charge in [-0.25, -0.2) is 9.59 Å². The molecule has 0 radical (unpaired) electrons. The first-order valence-electron chi connectivity index (χ1n) is 7.37. The lowest BCUT2D eigenvalue weighted by molar-refractivity contribution is -0.140. The number of rotatable bonds is 6. The van der Waals surface area contributed by atoms with Crippen molar-refractivity contribution in [1.29, 1.82) is 0 Å². The average Bonchev–Trinajstić information content (AvgIpc) is 3.27. The van der Waals surface area contributed by atoms with Gasteiger partial charge in [0, 0.05) is 24.3 Å². The first-order valence-corrected chi connectivity index (χ1v) is 7.37. The number of carbonyl (C=O) groups excluding carboxylic acids is 1. The Morgan fingerprint density at radius 1 is 1.17 bits per heavy atom. The molecule has 1 saturated carbocycles. The van der Waals surface area contributed by atoms with E-state index in [9.17, 15) is 14.4 Å². The van der Waals surface area contributed by atoms with Gasteiger partial charge in [0.05, 0.1) is 5.41 Å². The Morgan fingerprint density at radius 2 is 1.71 bits per heavy atom. The lowest BCUT2D eigenvalue weighted by Gasteiger charge is -2.12. The summed E-state index contributed by atoms with van der Waals surface area (Å²) in [5, 5.41) is 18.7. The number of benzene rings is 1. The molecule has 130 valence electrons. The molecule has 0 heterocycles. The summed E-state index contributed by atoms with van der Waals surface area (Å²) in [6.07, 6.45) is 3.00. The van der Waals surface area contributed by atoms with Crippen molar-refractivity contribution < 1.29 is 29.3 Å². The smallest absolute Gasteiger partial charge is 0.328 e. The van der Waals surface area contributed by atoms with Crippen LogP contribution < -0.4 is 10.1 Å². The van der Waals surface area contributed by atoms with Crippen LogP contribution in [0.25, 0.3) is 0 Å².